The number of aliphatic imine (C=N–C) groups is 1. The van der Waals surface area contributed by atoms with E-state index in [4.69, 9.17) is 4.74 Å². The fourth-order valence-corrected chi connectivity index (χ4v) is 3.75. The number of hydrogen-bond acceptors (Lipinski definition) is 4. The monoisotopic (exact) mass is 240 g/mol. The summed E-state index contributed by atoms with van der Waals surface area (Å²) in [5.74, 6) is 1.63. The van der Waals surface area contributed by atoms with Gasteiger partial charge in [-0.2, -0.15) is 0 Å². The van der Waals surface area contributed by atoms with Crippen LogP contribution in [0.2, 0.25) is 0 Å². The summed E-state index contributed by atoms with van der Waals surface area (Å²) < 4.78 is 5.43. The number of ether oxygens (including phenoxy) is 1. The third-order valence-corrected chi connectivity index (χ3v) is 5.16. The lowest BCUT2D eigenvalue weighted by Crippen LogP contribution is -2.36. The summed E-state index contributed by atoms with van der Waals surface area (Å²) in [6.07, 6.45) is 4.04. The lowest BCUT2D eigenvalue weighted by Gasteiger charge is -2.20. The molecular formula is C12H20N2OS. The highest BCUT2D eigenvalue weighted by Crippen LogP contribution is 2.41. The maximum Gasteiger partial charge on any atom is 0.157 e. The van der Waals surface area contributed by atoms with Crippen LogP contribution in [0.5, 0.6) is 0 Å². The first kappa shape index (κ1) is 10.9. The smallest absolute Gasteiger partial charge is 0.157 e. The molecule has 4 heteroatoms. The molecule has 0 bridgehead atoms. The summed E-state index contributed by atoms with van der Waals surface area (Å²) in [5, 5.41) is 5.52. The van der Waals surface area contributed by atoms with Crippen molar-refractivity contribution >= 4 is 16.9 Å². The van der Waals surface area contributed by atoms with E-state index in [2.05, 4.69) is 17.2 Å². The molecule has 2 heterocycles. The van der Waals surface area contributed by atoms with Crippen LogP contribution in [0.3, 0.4) is 0 Å². The Hall–Kier alpha value is -0.220. The van der Waals surface area contributed by atoms with E-state index in [1.54, 1.807) is 0 Å². The van der Waals surface area contributed by atoms with Crippen LogP contribution in [0.25, 0.3) is 0 Å². The van der Waals surface area contributed by atoms with Gasteiger partial charge in [0, 0.05) is 23.8 Å². The summed E-state index contributed by atoms with van der Waals surface area (Å²) in [4.78, 5) is 4.62. The molecule has 90 valence electrons. The molecule has 3 rings (SSSR count). The van der Waals surface area contributed by atoms with Crippen molar-refractivity contribution in [2.24, 2.45) is 16.8 Å². The van der Waals surface area contributed by atoms with Crippen LogP contribution in [0, 0.1) is 11.8 Å². The second-order valence-electron chi connectivity index (χ2n) is 5.20. The van der Waals surface area contributed by atoms with E-state index in [-0.39, 0.29) is 0 Å². The van der Waals surface area contributed by atoms with E-state index in [0.717, 1.165) is 30.9 Å². The molecule has 0 aromatic rings. The van der Waals surface area contributed by atoms with Crippen LogP contribution >= 0.6 is 11.8 Å². The van der Waals surface area contributed by atoms with Crippen LogP contribution in [-0.2, 0) is 4.74 Å². The van der Waals surface area contributed by atoms with Gasteiger partial charge in [0.25, 0.3) is 0 Å². The van der Waals surface area contributed by atoms with E-state index in [0.29, 0.717) is 12.0 Å². The molecule has 1 saturated carbocycles. The van der Waals surface area contributed by atoms with Gasteiger partial charge in [0.1, 0.15) is 0 Å². The van der Waals surface area contributed by atoms with Gasteiger partial charge in [0.2, 0.25) is 0 Å². The number of hydrogen-bond donors (Lipinski definition) is 1. The zero-order valence-electron chi connectivity index (χ0n) is 9.82. The molecule has 3 atom stereocenters. The highest BCUT2D eigenvalue weighted by atomic mass is 32.2. The molecule has 3 nitrogen and oxygen atoms in total. The molecule has 0 amide bonds. The Labute approximate surface area is 101 Å². The number of thioether (sulfide) groups is 1. The van der Waals surface area contributed by atoms with E-state index in [1.165, 1.54) is 24.4 Å². The Morgan fingerprint density at radius 2 is 2.31 bits per heavy atom. The number of amidine groups is 1. The van der Waals surface area contributed by atoms with Gasteiger partial charge in [-0.15, -0.1) is 0 Å². The summed E-state index contributed by atoms with van der Waals surface area (Å²) in [5.41, 5.74) is 0. The van der Waals surface area contributed by atoms with E-state index < -0.39 is 0 Å². The van der Waals surface area contributed by atoms with Crippen LogP contribution < -0.4 is 5.32 Å². The lowest BCUT2D eigenvalue weighted by molar-refractivity contribution is 0.180. The summed E-state index contributed by atoms with van der Waals surface area (Å²) in [7, 11) is 0. The molecule has 2 aliphatic heterocycles. The third-order valence-electron chi connectivity index (χ3n) is 3.85. The summed E-state index contributed by atoms with van der Waals surface area (Å²) in [6, 6.07) is 0.506. The van der Waals surface area contributed by atoms with Crippen molar-refractivity contribution in [2.75, 3.05) is 19.8 Å². The molecule has 1 aliphatic carbocycles. The van der Waals surface area contributed by atoms with Crippen molar-refractivity contribution in [3.8, 4) is 0 Å². The molecule has 2 fully saturated rings. The Balaban J connectivity index is 1.47. The largest absolute Gasteiger partial charge is 0.381 e. The predicted molar refractivity (Wildman–Crippen MR) is 67.9 cm³/mol. The highest BCUT2D eigenvalue weighted by molar-refractivity contribution is 8.14. The number of rotatable bonds is 3. The van der Waals surface area contributed by atoms with Gasteiger partial charge in [0.15, 0.2) is 5.17 Å². The predicted octanol–water partition coefficient (Wildman–Crippen LogP) is 1.88. The minimum absolute atomic E-state index is 0.506. The van der Waals surface area contributed by atoms with Crippen molar-refractivity contribution in [1.29, 1.82) is 0 Å². The minimum atomic E-state index is 0.506. The molecule has 16 heavy (non-hydrogen) atoms. The zero-order chi connectivity index (χ0) is 11.0. The maximum atomic E-state index is 5.43. The van der Waals surface area contributed by atoms with Gasteiger partial charge in [-0.3, -0.25) is 4.99 Å². The molecule has 3 aliphatic rings. The highest BCUT2D eigenvalue weighted by Gasteiger charge is 2.36. The average molecular weight is 240 g/mol. The van der Waals surface area contributed by atoms with Crippen LogP contribution in [0.4, 0.5) is 0 Å². The first-order chi connectivity index (χ1) is 7.83. The molecule has 0 aromatic carbocycles. The first-order valence-electron chi connectivity index (χ1n) is 6.38. The molecule has 1 N–H and O–H groups in total. The Kier molecular flexibility index (Phi) is 3.11. The van der Waals surface area contributed by atoms with Crippen molar-refractivity contribution in [2.45, 2.75) is 37.5 Å². The average Bonchev–Trinajstić information content (AvgIpc) is 2.82. The SMILES string of the molecule is CC(NC1=NCC(C2CC2)S1)C1CCOC1. The summed E-state index contributed by atoms with van der Waals surface area (Å²) in [6.45, 7) is 5.14. The van der Waals surface area contributed by atoms with Gasteiger partial charge in [-0.25, -0.2) is 0 Å². The molecule has 1 saturated heterocycles. The molecular weight excluding hydrogens is 220 g/mol. The number of nitrogens with zero attached hydrogens (tertiary/aromatic N) is 1. The van der Waals surface area contributed by atoms with Crippen molar-refractivity contribution < 1.29 is 4.74 Å². The van der Waals surface area contributed by atoms with Crippen LogP contribution in [0.1, 0.15) is 26.2 Å². The quantitative estimate of drug-likeness (QED) is 0.818. The lowest BCUT2D eigenvalue weighted by atomic mass is 10.0. The van der Waals surface area contributed by atoms with Crippen LogP contribution in [-0.4, -0.2) is 36.2 Å². The van der Waals surface area contributed by atoms with Crippen molar-refractivity contribution in [1.82, 2.24) is 5.32 Å². The van der Waals surface area contributed by atoms with Gasteiger partial charge >= 0.3 is 0 Å². The third kappa shape index (κ3) is 2.38. The molecule has 0 radical (unpaired) electrons. The van der Waals surface area contributed by atoms with Crippen LogP contribution in [0.15, 0.2) is 4.99 Å². The van der Waals surface area contributed by atoms with Gasteiger partial charge < -0.3 is 10.1 Å². The fraction of sp³-hybridized carbons (Fsp3) is 0.917. The Bertz CT molecular complexity index is 285. The van der Waals surface area contributed by atoms with Gasteiger partial charge in [-0.05, 0) is 32.1 Å². The Morgan fingerprint density at radius 3 is 3.00 bits per heavy atom. The van der Waals surface area contributed by atoms with Gasteiger partial charge in [0.05, 0.1) is 13.2 Å². The molecule has 3 unspecified atom stereocenters. The Morgan fingerprint density at radius 1 is 1.44 bits per heavy atom. The summed E-state index contributed by atoms with van der Waals surface area (Å²) >= 11 is 1.97. The fourth-order valence-electron chi connectivity index (χ4n) is 2.44. The normalized spacial score (nSPS) is 36.2. The van der Waals surface area contributed by atoms with Gasteiger partial charge in [-0.1, -0.05) is 11.8 Å². The standard InChI is InChI=1S/C12H20N2OS/c1-8(10-4-5-15-7-10)14-12-13-6-11(16-12)9-2-3-9/h8-11H,2-7H2,1H3,(H,13,14). The first-order valence-corrected chi connectivity index (χ1v) is 7.26. The molecule has 0 spiro atoms. The minimum Gasteiger partial charge on any atom is -0.381 e. The molecule has 0 aromatic heterocycles. The zero-order valence-corrected chi connectivity index (χ0v) is 10.6. The van der Waals surface area contributed by atoms with E-state index in [9.17, 15) is 0 Å². The second kappa shape index (κ2) is 4.57. The maximum absolute atomic E-state index is 5.43. The topological polar surface area (TPSA) is 33.6 Å². The number of nitrogens with one attached hydrogen (secondary N) is 1. The van der Waals surface area contributed by atoms with E-state index >= 15 is 0 Å². The van der Waals surface area contributed by atoms with Crippen molar-refractivity contribution in [3.05, 3.63) is 0 Å². The second-order valence-corrected chi connectivity index (χ2v) is 6.42. The van der Waals surface area contributed by atoms with Crippen molar-refractivity contribution in [3.63, 3.8) is 0 Å². The van der Waals surface area contributed by atoms with E-state index in [1.807, 2.05) is 11.8 Å².